The van der Waals surface area contributed by atoms with Crippen LogP contribution in [0.3, 0.4) is 0 Å². The van der Waals surface area contributed by atoms with Gasteiger partial charge in [-0.25, -0.2) is 4.98 Å². The second kappa shape index (κ2) is 7.49. The van der Waals surface area contributed by atoms with Gasteiger partial charge in [0.25, 0.3) is 0 Å². The molecule has 2 rings (SSSR count). The molecule has 1 fully saturated rings. The molecule has 0 amide bonds. The van der Waals surface area contributed by atoms with Crippen molar-refractivity contribution in [1.82, 2.24) is 10.3 Å². The summed E-state index contributed by atoms with van der Waals surface area (Å²) in [6.45, 7) is 8.01. The summed E-state index contributed by atoms with van der Waals surface area (Å²) in [5, 5.41) is 3.70. The molecule has 1 aliphatic rings. The van der Waals surface area contributed by atoms with E-state index in [0.29, 0.717) is 6.04 Å². The number of nitrogens with one attached hydrogen (secondary N) is 1. The summed E-state index contributed by atoms with van der Waals surface area (Å²) in [6, 6.07) is 6.86. The Morgan fingerprint density at radius 2 is 2.11 bits per heavy atom. The fraction of sp³-hybridized carbons (Fsp3) is 0.688. The van der Waals surface area contributed by atoms with Gasteiger partial charge in [0.1, 0.15) is 5.82 Å². The van der Waals surface area contributed by atoms with E-state index in [4.69, 9.17) is 0 Å². The third kappa shape index (κ3) is 4.83. The third-order valence-electron chi connectivity index (χ3n) is 3.86. The SMILES string of the molecule is CC(C)CCCNC1CCN(c2ccccn2)CC1. The summed E-state index contributed by atoms with van der Waals surface area (Å²) >= 11 is 0. The Hall–Kier alpha value is -1.09. The van der Waals surface area contributed by atoms with Crippen molar-refractivity contribution in [2.45, 2.75) is 45.6 Å². The lowest BCUT2D eigenvalue weighted by Crippen LogP contribution is -2.43. The van der Waals surface area contributed by atoms with E-state index in [2.05, 4.69) is 41.2 Å². The van der Waals surface area contributed by atoms with Gasteiger partial charge in [0.2, 0.25) is 0 Å². The molecule has 2 heterocycles. The quantitative estimate of drug-likeness (QED) is 0.798. The highest BCUT2D eigenvalue weighted by atomic mass is 15.2. The number of piperidine rings is 1. The summed E-state index contributed by atoms with van der Waals surface area (Å²) in [5.41, 5.74) is 0. The highest BCUT2D eigenvalue weighted by molar-refractivity contribution is 5.38. The molecule has 0 aliphatic carbocycles. The van der Waals surface area contributed by atoms with Crippen LogP contribution in [0.1, 0.15) is 39.5 Å². The first-order valence-corrected chi connectivity index (χ1v) is 7.65. The lowest BCUT2D eigenvalue weighted by molar-refractivity contribution is 0.402. The first-order valence-electron chi connectivity index (χ1n) is 7.65. The van der Waals surface area contributed by atoms with Crippen molar-refractivity contribution in [3.63, 3.8) is 0 Å². The molecule has 19 heavy (non-hydrogen) atoms. The van der Waals surface area contributed by atoms with E-state index >= 15 is 0 Å². The Balaban J connectivity index is 1.65. The van der Waals surface area contributed by atoms with Gasteiger partial charge in [0.05, 0.1) is 0 Å². The van der Waals surface area contributed by atoms with Gasteiger partial charge < -0.3 is 10.2 Å². The van der Waals surface area contributed by atoms with Crippen molar-refractivity contribution in [2.24, 2.45) is 5.92 Å². The van der Waals surface area contributed by atoms with Crippen molar-refractivity contribution in [2.75, 3.05) is 24.5 Å². The Bertz CT molecular complexity index is 342. The smallest absolute Gasteiger partial charge is 0.128 e. The third-order valence-corrected chi connectivity index (χ3v) is 3.86. The van der Waals surface area contributed by atoms with Crippen molar-refractivity contribution >= 4 is 5.82 Å². The van der Waals surface area contributed by atoms with Crippen molar-refractivity contribution in [3.8, 4) is 0 Å². The van der Waals surface area contributed by atoms with Gasteiger partial charge in [0.15, 0.2) is 0 Å². The molecule has 1 N–H and O–H groups in total. The van der Waals surface area contributed by atoms with Crippen LogP contribution in [-0.2, 0) is 0 Å². The molecule has 3 nitrogen and oxygen atoms in total. The maximum atomic E-state index is 4.43. The summed E-state index contributed by atoms with van der Waals surface area (Å²) in [4.78, 5) is 6.82. The number of nitrogens with zero attached hydrogens (tertiary/aromatic N) is 2. The van der Waals surface area contributed by atoms with Crippen LogP contribution in [0.15, 0.2) is 24.4 Å². The topological polar surface area (TPSA) is 28.2 Å². The Labute approximate surface area is 117 Å². The molecule has 0 saturated carbocycles. The minimum absolute atomic E-state index is 0.701. The van der Waals surface area contributed by atoms with Crippen LogP contribution in [0.5, 0.6) is 0 Å². The molecule has 0 radical (unpaired) electrons. The Morgan fingerprint density at radius 3 is 2.74 bits per heavy atom. The minimum Gasteiger partial charge on any atom is -0.357 e. The maximum absolute atomic E-state index is 4.43. The normalized spacial score (nSPS) is 17.1. The van der Waals surface area contributed by atoms with Crippen LogP contribution >= 0.6 is 0 Å². The Morgan fingerprint density at radius 1 is 1.32 bits per heavy atom. The molecule has 1 aliphatic heterocycles. The second-order valence-electron chi connectivity index (χ2n) is 5.94. The van der Waals surface area contributed by atoms with E-state index in [1.54, 1.807) is 0 Å². The molecule has 0 aromatic carbocycles. The predicted molar refractivity (Wildman–Crippen MR) is 81.5 cm³/mol. The highest BCUT2D eigenvalue weighted by Crippen LogP contribution is 2.17. The van der Waals surface area contributed by atoms with Crippen molar-refractivity contribution < 1.29 is 0 Å². The predicted octanol–water partition coefficient (Wildman–Crippen LogP) is 3.08. The number of pyridine rings is 1. The maximum Gasteiger partial charge on any atom is 0.128 e. The van der Waals surface area contributed by atoms with Gasteiger partial charge >= 0.3 is 0 Å². The van der Waals surface area contributed by atoms with Crippen LogP contribution < -0.4 is 10.2 Å². The zero-order chi connectivity index (χ0) is 13.5. The van der Waals surface area contributed by atoms with Crippen LogP contribution in [0.4, 0.5) is 5.82 Å². The van der Waals surface area contributed by atoms with Crippen LogP contribution in [0.25, 0.3) is 0 Å². The number of hydrogen-bond acceptors (Lipinski definition) is 3. The van der Waals surface area contributed by atoms with Crippen molar-refractivity contribution in [1.29, 1.82) is 0 Å². The summed E-state index contributed by atoms with van der Waals surface area (Å²) in [6.07, 6.45) is 6.99. The molecular formula is C16H27N3. The lowest BCUT2D eigenvalue weighted by Gasteiger charge is -2.33. The van der Waals surface area contributed by atoms with E-state index < -0.39 is 0 Å². The number of aromatic nitrogens is 1. The molecule has 1 saturated heterocycles. The average molecular weight is 261 g/mol. The molecule has 0 bridgehead atoms. The monoisotopic (exact) mass is 261 g/mol. The lowest BCUT2D eigenvalue weighted by atomic mass is 10.0. The van der Waals surface area contributed by atoms with Gasteiger partial charge in [-0.3, -0.25) is 0 Å². The first kappa shape index (κ1) is 14.3. The molecular weight excluding hydrogens is 234 g/mol. The fourth-order valence-corrected chi connectivity index (χ4v) is 2.67. The van der Waals surface area contributed by atoms with E-state index in [0.717, 1.165) is 24.8 Å². The van der Waals surface area contributed by atoms with Crippen LogP contribution in [-0.4, -0.2) is 30.7 Å². The van der Waals surface area contributed by atoms with Crippen LogP contribution in [0, 0.1) is 5.92 Å². The van der Waals surface area contributed by atoms with Crippen molar-refractivity contribution in [3.05, 3.63) is 24.4 Å². The zero-order valence-corrected chi connectivity index (χ0v) is 12.3. The van der Waals surface area contributed by atoms with Gasteiger partial charge in [-0.2, -0.15) is 0 Å². The second-order valence-corrected chi connectivity index (χ2v) is 5.94. The van der Waals surface area contributed by atoms with E-state index in [9.17, 15) is 0 Å². The molecule has 0 atom stereocenters. The molecule has 0 spiro atoms. The molecule has 0 unspecified atom stereocenters. The summed E-state index contributed by atoms with van der Waals surface area (Å²) in [7, 11) is 0. The summed E-state index contributed by atoms with van der Waals surface area (Å²) < 4.78 is 0. The molecule has 1 aromatic heterocycles. The average Bonchev–Trinajstić information content (AvgIpc) is 2.45. The van der Waals surface area contributed by atoms with Gasteiger partial charge in [0, 0.05) is 25.3 Å². The van der Waals surface area contributed by atoms with E-state index in [1.165, 1.54) is 32.2 Å². The zero-order valence-electron chi connectivity index (χ0n) is 12.3. The highest BCUT2D eigenvalue weighted by Gasteiger charge is 2.19. The van der Waals surface area contributed by atoms with Gasteiger partial charge in [-0.15, -0.1) is 0 Å². The van der Waals surface area contributed by atoms with E-state index in [-0.39, 0.29) is 0 Å². The van der Waals surface area contributed by atoms with E-state index in [1.807, 2.05) is 12.3 Å². The number of rotatable bonds is 6. The van der Waals surface area contributed by atoms with Crippen LogP contribution in [0.2, 0.25) is 0 Å². The number of hydrogen-bond donors (Lipinski definition) is 1. The Kier molecular flexibility index (Phi) is 5.64. The fourth-order valence-electron chi connectivity index (χ4n) is 2.67. The largest absolute Gasteiger partial charge is 0.357 e. The summed E-state index contributed by atoms with van der Waals surface area (Å²) in [5.74, 6) is 1.95. The number of anilines is 1. The van der Waals surface area contributed by atoms with Gasteiger partial charge in [-0.1, -0.05) is 19.9 Å². The molecule has 3 heteroatoms. The first-order chi connectivity index (χ1) is 9.25. The minimum atomic E-state index is 0.701. The standard InChI is InChI=1S/C16H27N3/c1-14(2)6-5-11-17-15-8-12-19(13-9-15)16-7-3-4-10-18-16/h3-4,7,10,14-15,17H,5-6,8-9,11-13H2,1-2H3. The van der Waals surface area contributed by atoms with Gasteiger partial charge in [-0.05, 0) is 50.3 Å². The molecule has 106 valence electrons. The molecule has 1 aromatic rings.